The molecule has 2 aromatic rings. The molecule has 0 atom stereocenters. The molecule has 3 rings (SSSR count). The van der Waals surface area contributed by atoms with Crippen LogP contribution in [0.3, 0.4) is 0 Å². The molecule has 0 saturated carbocycles. The topological polar surface area (TPSA) is 75.7 Å². The first kappa shape index (κ1) is 19.7. The second-order valence-corrected chi connectivity index (χ2v) is 8.97. The Balaban J connectivity index is 1.62. The van der Waals surface area contributed by atoms with Crippen molar-refractivity contribution in [2.24, 2.45) is 0 Å². The minimum Gasteiger partial charge on any atom is -0.484 e. The molecular weight excluding hydrogens is 388 g/mol. The van der Waals surface area contributed by atoms with Crippen LogP contribution >= 0.6 is 11.6 Å². The molecular formula is C19H21ClN2O4S. The van der Waals surface area contributed by atoms with Gasteiger partial charge in [-0.3, -0.25) is 4.79 Å². The molecule has 1 heterocycles. The molecule has 0 saturated heterocycles. The lowest BCUT2D eigenvalue weighted by atomic mass is 10.0. The fourth-order valence-corrected chi connectivity index (χ4v) is 3.86. The molecule has 0 radical (unpaired) electrons. The average Bonchev–Trinajstić information content (AvgIpc) is 2.61. The van der Waals surface area contributed by atoms with Gasteiger partial charge >= 0.3 is 0 Å². The number of nitrogens with one attached hydrogen (secondary N) is 1. The van der Waals surface area contributed by atoms with Crippen LogP contribution in [0.25, 0.3) is 0 Å². The number of amides is 1. The second kappa shape index (κ2) is 7.88. The van der Waals surface area contributed by atoms with Gasteiger partial charge in [0.2, 0.25) is 10.0 Å². The van der Waals surface area contributed by atoms with E-state index in [1.165, 1.54) is 10.6 Å². The molecule has 2 aromatic carbocycles. The summed E-state index contributed by atoms with van der Waals surface area (Å²) in [5.74, 6) is 0.277. The fraction of sp³-hybridized carbons (Fsp3) is 0.316. The van der Waals surface area contributed by atoms with Gasteiger partial charge in [0.1, 0.15) is 5.75 Å². The number of carbonyl (C=O) groups is 1. The van der Waals surface area contributed by atoms with Crippen LogP contribution in [0.2, 0.25) is 5.02 Å². The number of hydrogen-bond donors (Lipinski definition) is 1. The van der Waals surface area contributed by atoms with Gasteiger partial charge in [-0.1, -0.05) is 17.7 Å². The SMILES string of the molecule is Cc1cc(OCC(=O)Nc2ccc3c(c2)CN(S(C)(=O)=O)CC3)ccc1Cl. The van der Waals surface area contributed by atoms with Crippen molar-refractivity contribution < 1.29 is 17.9 Å². The number of carbonyl (C=O) groups excluding carboxylic acids is 1. The molecule has 0 fully saturated rings. The largest absolute Gasteiger partial charge is 0.484 e. The van der Waals surface area contributed by atoms with Gasteiger partial charge in [-0.15, -0.1) is 0 Å². The van der Waals surface area contributed by atoms with Crippen LogP contribution in [-0.2, 0) is 27.8 Å². The lowest BCUT2D eigenvalue weighted by Gasteiger charge is -2.27. The summed E-state index contributed by atoms with van der Waals surface area (Å²) in [7, 11) is -3.23. The van der Waals surface area contributed by atoms with Crippen LogP contribution in [0.1, 0.15) is 16.7 Å². The van der Waals surface area contributed by atoms with E-state index in [1.54, 1.807) is 18.2 Å². The van der Waals surface area contributed by atoms with E-state index in [0.29, 0.717) is 36.0 Å². The summed E-state index contributed by atoms with van der Waals surface area (Å²) in [6, 6.07) is 10.8. The quantitative estimate of drug-likeness (QED) is 0.825. The van der Waals surface area contributed by atoms with E-state index in [0.717, 1.165) is 16.7 Å². The van der Waals surface area contributed by atoms with Crippen LogP contribution in [0.15, 0.2) is 36.4 Å². The zero-order valence-electron chi connectivity index (χ0n) is 15.2. The van der Waals surface area contributed by atoms with Gasteiger partial charge in [-0.2, -0.15) is 4.31 Å². The average molecular weight is 409 g/mol. The van der Waals surface area contributed by atoms with Crippen molar-refractivity contribution in [2.45, 2.75) is 19.9 Å². The Kier molecular flexibility index (Phi) is 5.74. The Hall–Kier alpha value is -2.09. The molecule has 144 valence electrons. The first-order valence-electron chi connectivity index (χ1n) is 8.48. The van der Waals surface area contributed by atoms with Gasteiger partial charge in [0.05, 0.1) is 6.26 Å². The third-order valence-electron chi connectivity index (χ3n) is 4.44. The highest BCUT2D eigenvalue weighted by molar-refractivity contribution is 7.88. The Morgan fingerprint density at radius 1 is 1.22 bits per heavy atom. The summed E-state index contributed by atoms with van der Waals surface area (Å²) < 4.78 is 30.4. The summed E-state index contributed by atoms with van der Waals surface area (Å²) in [5.41, 5.74) is 3.49. The Labute approximate surface area is 164 Å². The molecule has 8 heteroatoms. The molecule has 0 bridgehead atoms. The lowest BCUT2D eigenvalue weighted by molar-refractivity contribution is -0.118. The number of sulfonamides is 1. The van der Waals surface area contributed by atoms with E-state index in [2.05, 4.69) is 5.32 Å². The highest BCUT2D eigenvalue weighted by Crippen LogP contribution is 2.24. The summed E-state index contributed by atoms with van der Waals surface area (Å²) in [4.78, 5) is 12.2. The molecule has 27 heavy (non-hydrogen) atoms. The number of benzene rings is 2. The van der Waals surface area contributed by atoms with Gasteiger partial charge in [0.25, 0.3) is 5.91 Å². The number of hydrogen-bond acceptors (Lipinski definition) is 4. The minimum atomic E-state index is -3.23. The predicted octanol–water partition coefficient (Wildman–Crippen LogP) is 2.98. The van der Waals surface area contributed by atoms with Gasteiger partial charge in [-0.05, 0) is 60.4 Å². The van der Waals surface area contributed by atoms with Crippen molar-refractivity contribution in [3.05, 3.63) is 58.1 Å². The molecule has 0 unspecified atom stereocenters. The molecule has 1 N–H and O–H groups in total. The van der Waals surface area contributed by atoms with E-state index >= 15 is 0 Å². The van der Waals surface area contributed by atoms with Crippen molar-refractivity contribution in [1.29, 1.82) is 0 Å². The van der Waals surface area contributed by atoms with Crippen LogP contribution in [0, 0.1) is 6.92 Å². The number of aryl methyl sites for hydroxylation is 1. The highest BCUT2D eigenvalue weighted by atomic mass is 35.5. The number of ether oxygens (including phenoxy) is 1. The standard InChI is InChI=1S/C19H21ClN2O4S/c1-13-9-17(5-6-18(13)20)26-12-19(23)21-16-4-3-14-7-8-22(27(2,24)25)11-15(14)10-16/h3-6,9-10H,7-8,11-12H2,1-2H3,(H,21,23). The van der Waals surface area contributed by atoms with Crippen LogP contribution in [0.5, 0.6) is 5.75 Å². The lowest BCUT2D eigenvalue weighted by Crippen LogP contribution is -2.35. The summed E-state index contributed by atoms with van der Waals surface area (Å²) in [5, 5.41) is 3.43. The van der Waals surface area contributed by atoms with Gasteiger partial charge in [-0.25, -0.2) is 8.42 Å². The summed E-state index contributed by atoms with van der Waals surface area (Å²) in [6.45, 7) is 2.53. The maximum atomic E-state index is 12.2. The smallest absolute Gasteiger partial charge is 0.262 e. The number of halogens is 1. The van der Waals surface area contributed by atoms with Crippen molar-refractivity contribution >= 4 is 33.2 Å². The van der Waals surface area contributed by atoms with Crippen LogP contribution < -0.4 is 10.1 Å². The van der Waals surface area contributed by atoms with Crippen LogP contribution in [0.4, 0.5) is 5.69 Å². The van der Waals surface area contributed by atoms with Crippen molar-refractivity contribution in [1.82, 2.24) is 4.31 Å². The van der Waals surface area contributed by atoms with E-state index < -0.39 is 10.0 Å². The zero-order valence-corrected chi connectivity index (χ0v) is 16.7. The van der Waals surface area contributed by atoms with E-state index in [-0.39, 0.29) is 12.5 Å². The van der Waals surface area contributed by atoms with Crippen molar-refractivity contribution in [2.75, 3.05) is 24.7 Å². The first-order valence-corrected chi connectivity index (χ1v) is 10.7. The molecule has 6 nitrogen and oxygen atoms in total. The van der Waals surface area contributed by atoms with Gasteiger partial charge in [0, 0.05) is 23.8 Å². The molecule has 1 amide bonds. The van der Waals surface area contributed by atoms with Crippen molar-refractivity contribution in [3.63, 3.8) is 0 Å². The highest BCUT2D eigenvalue weighted by Gasteiger charge is 2.23. The molecule has 0 spiro atoms. The van der Waals surface area contributed by atoms with E-state index in [9.17, 15) is 13.2 Å². The summed E-state index contributed by atoms with van der Waals surface area (Å²) >= 11 is 5.97. The third kappa shape index (κ3) is 5.00. The van der Waals surface area contributed by atoms with E-state index in [1.807, 2.05) is 25.1 Å². The fourth-order valence-electron chi connectivity index (χ4n) is 2.94. The van der Waals surface area contributed by atoms with Gasteiger partial charge < -0.3 is 10.1 Å². The maximum Gasteiger partial charge on any atom is 0.262 e. The molecule has 0 aliphatic carbocycles. The molecule has 0 aromatic heterocycles. The molecule has 1 aliphatic heterocycles. The Morgan fingerprint density at radius 3 is 2.70 bits per heavy atom. The van der Waals surface area contributed by atoms with Gasteiger partial charge in [0.15, 0.2) is 6.61 Å². The maximum absolute atomic E-state index is 12.2. The van der Waals surface area contributed by atoms with Crippen LogP contribution in [-0.4, -0.2) is 38.0 Å². The third-order valence-corrected chi connectivity index (χ3v) is 6.11. The molecule has 1 aliphatic rings. The Bertz CT molecular complexity index is 976. The Morgan fingerprint density at radius 2 is 2.00 bits per heavy atom. The van der Waals surface area contributed by atoms with Crippen molar-refractivity contribution in [3.8, 4) is 5.75 Å². The number of fused-ring (bicyclic) bond motifs is 1. The number of rotatable bonds is 5. The first-order chi connectivity index (χ1) is 12.7. The van der Waals surface area contributed by atoms with E-state index in [4.69, 9.17) is 16.3 Å². The monoisotopic (exact) mass is 408 g/mol. The normalized spacial score (nSPS) is 14.5. The summed E-state index contributed by atoms with van der Waals surface area (Å²) in [6.07, 6.45) is 1.87. The predicted molar refractivity (Wildman–Crippen MR) is 106 cm³/mol. The zero-order chi connectivity index (χ0) is 19.6. The number of anilines is 1. The minimum absolute atomic E-state index is 0.131. The number of nitrogens with zero attached hydrogens (tertiary/aromatic N) is 1. The second-order valence-electron chi connectivity index (χ2n) is 6.58.